The predicted molar refractivity (Wildman–Crippen MR) is 43.1 cm³/mol. The largest absolute Gasteiger partial charge is 0.456 e. The van der Waals surface area contributed by atoms with Gasteiger partial charge in [-0.05, 0) is 19.0 Å². The van der Waals surface area contributed by atoms with E-state index in [9.17, 15) is 4.79 Å². The van der Waals surface area contributed by atoms with Crippen LogP contribution in [0.1, 0.15) is 6.92 Å². The fraction of sp³-hybridized carbons (Fsp3) is 0.571. The van der Waals surface area contributed by atoms with Crippen molar-refractivity contribution in [2.24, 2.45) is 0 Å². The van der Waals surface area contributed by atoms with Gasteiger partial charge in [0.1, 0.15) is 6.10 Å². The van der Waals surface area contributed by atoms with Gasteiger partial charge in [-0.3, -0.25) is 0 Å². The van der Waals surface area contributed by atoms with Crippen LogP contribution in [-0.2, 0) is 13.7 Å². The van der Waals surface area contributed by atoms with E-state index in [1.54, 1.807) is 6.92 Å². The second-order valence-corrected chi connectivity index (χ2v) is 3.18. The number of carbonyl (C=O) groups is 1. The molecule has 1 fully saturated rings. The van der Waals surface area contributed by atoms with E-state index in [1.165, 1.54) is 12.0 Å². The van der Waals surface area contributed by atoms with E-state index >= 15 is 0 Å². The molecule has 0 aliphatic carbocycles. The molecule has 0 aromatic rings. The average molecular weight is 174 g/mol. The zero-order valence-corrected chi connectivity index (χ0v) is 7.15. The minimum Gasteiger partial charge on any atom is -0.456 e. The highest BCUT2D eigenvalue weighted by molar-refractivity contribution is 7.94. The highest BCUT2D eigenvalue weighted by atomic mass is 32.2. The minimum absolute atomic E-state index is 0.0933. The van der Waals surface area contributed by atoms with Crippen molar-refractivity contribution in [2.45, 2.75) is 13.0 Å². The van der Waals surface area contributed by atoms with Crippen LogP contribution in [0.5, 0.6) is 0 Å². The fourth-order valence-corrected chi connectivity index (χ4v) is 1.28. The molecule has 0 saturated carbocycles. The molecule has 1 heterocycles. The lowest BCUT2D eigenvalue weighted by Gasteiger charge is -2.07. The van der Waals surface area contributed by atoms with E-state index < -0.39 is 0 Å². The molecule has 0 aromatic heterocycles. The summed E-state index contributed by atoms with van der Waals surface area (Å²) in [7, 11) is 0. The Morgan fingerprint density at radius 2 is 2.55 bits per heavy atom. The summed E-state index contributed by atoms with van der Waals surface area (Å²) in [6.07, 6.45) is -0.0933. The maximum Gasteiger partial charge on any atom is 0.333 e. The molecule has 0 radical (unpaired) electrons. The summed E-state index contributed by atoms with van der Waals surface area (Å²) in [4.78, 5) is 10.9. The van der Waals surface area contributed by atoms with Gasteiger partial charge in [0.05, 0.1) is 12.4 Å². The zero-order valence-electron chi connectivity index (χ0n) is 6.33. The molecule has 62 valence electrons. The molecule has 1 aliphatic heterocycles. The highest BCUT2D eigenvalue weighted by Gasteiger charge is 2.20. The lowest BCUT2D eigenvalue weighted by Crippen LogP contribution is -2.20. The summed E-state index contributed by atoms with van der Waals surface area (Å²) in [5, 5.41) is 0. The molecule has 3 nitrogen and oxygen atoms in total. The molecule has 1 atom stereocenters. The molecule has 1 unspecified atom stereocenters. The fourth-order valence-electron chi connectivity index (χ4n) is 0.616. The molecule has 1 rings (SSSR count). The molecule has 0 aromatic carbocycles. The summed E-state index contributed by atoms with van der Waals surface area (Å²) in [5.41, 5.74) is 0.432. The van der Waals surface area contributed by atoms with Crippen LogP contribution in [0, 0.1) is 0 Å². The van der Waals surface area contributed by atoms with Crippen LogP contribution in [-0.4, -0.2) is 24.4 Å². The Balaban J connectivity index is 2.29. The lowest BCUT2D eigenvalue weighted by molar-refractivity contribution is -0.143. The standard InChI is InChI=1S/C7H10O3S/c1-5(2)7(8)10-6-3-9-11-4-6/h6H,1,3-4H2,2H3. The molecular formula is C7H10O3S. The van der Waals surface area contributed by atoms with Crippen LogP contribution in [0.4, 0.5) is 0 Å². The lowest BCUT2D eigenvalue weighted by atomic mass is 10.3. The van der Waals surface area contributed by atoms with Gasteiger partial charge >= 0.3 is 5.97 Å². The first-order valence-corrected chi connectivity index (χ1v) is 4.22. The Kier molecular flexibility index (Phi) is 2.96. The Labute approximate surface area is 70.0 Å². The van der Waals surface area contributed by atoms with Crippen LogP contribution < -0.4 is 0 Å². The van der Waals surface area contributed by atoms with Gasteiger partial charge in [-0.1, -0.05) is 6.58 Å². The van der Waals surface area contributed by atoms with E-state index in [4.69, 9.17) is 8.92 Å². The SMILES string of the molecule is C=C(C)C(=O)OC1COSC1. The molecule has 0 bridgehead atoms. The van der Waals surface area contributed by atoms with Crippen LogP contribution in [0.25, 0.3) is 0 Å². The Morgan fingerprint density at radius 3 is 3.00 bits per heavy atom. The van der Waals surface area contributed by atoms with Gasteiger partial charge in [0.2, 0.25) is 0 Å². The van der Waals surface area contributed by atoms with Gasteiger partial charge in [0.15, 0.2) is 0 Å². The van der Waals surface area contributed by atoms with Crippen molar-refractivity contribution in [3.63, 3.8) is 0 Å². The third-order valence-corrected chi connectivity index (χ3v) is 2.02. The van der Waals surface area contributed by atoms with Crippen LogP contribution in [0.3, 0.4) is 0 Å². The summed E-state index contributed by atoms with van der Waals surface area (Å²) >= 11 is 1.33. The molecule has 11 heavy (non-hydrogen) atoms. The number of hydrogen-bond acceptors (Lipinski definition) is 4. The first-order valence-electron chi connectivity index (χ1n) is 3.31. The molecule has 0 N–H and O–H groups in total. The van der Waals surface area contributed by atoms with Crippen molar-refractivity contribution < 1.29 is 13.7 Å². The normalized spacial score (nSPS) is 23.2. The Morgan fingerprint density at radius 1 is 1.82 bits per heavy atom. The summed E-state index contributed by atoms with van der Waals surface area (Å²) in [6.45, 7) is 5.59. The van der Waals surface area contributed by atoms with E-state index in [-0.39, 0.29) is 12.1 Å². The van der Waals surface area contributed by atoms with Crippen LogP contribution >= 0.6 is 12.0 Å². The molecule has 4 heteroatoms. The Hall–Kier alpha value is -0.480. The highest BCUT2D eigenvalue weighted by Crippen LogP contribution is 2.17. The average Bonchev–Trinajstić information content (AvgIpc) is 2.39. The molecule has 0 spiro atoms. The van der Waals surface area contributed by atoms with E-state index in [0.717, 1.165) is 5.75 Å². The molecule has 1 aliphatic rings. The zero-order chi connectivity index (χ0) is 8.27. The van der Waals surface area contributed by atoms with Crippen LogP contribution in [0.2, 0.25) is 0 Å². The molecule has 1 saturated heterocycles. The van der Waals surface area contributed by atoms with E-state index in [0.29, 0.717) is 12.2 Å². The maximum absolute atomic E-state index is 10.9. The molecular weight excluding hydrogens is 164 g/mol. The van der Waals surface area contributed by atoms with Gasteiger partial charge in [0, 0.05) is 5.57 Å². The predicted octanol–water partition coefficient (Wildman–Crippen LogP) is 1.15. The third-order valence-electron chi connectivity index (χ3n) is 1.21. The first kappa shape index (κ1) is 8.62. The summed E-state index contributed by atoms with van der Waals surface area (Å²) in [5.74, 6) is 0.389. The number of carbonyl (C=O) groups excluding carboxylic acids is 1. The van der Waals surface area contributed by atoms with Crippen molar-refractivity contribution in [3.05, 3.63) is 12.2 Å². The Bertz CT molecular complexity index is 173. The van der Waals surface area contributed by atoms with E-state index in [1.807, 2.05) is 0 Å². The van der Waals surface area contributed by atoms with Crippen molar-refractivity contribution in [3.8, 4) is 0 Å². The number of ether oxygens (including phenoxy) is 1. The number of rotatable bonds is 2. The second-order valence-electron chi connectivity index (χ2n) is 2.38. The number of esters is 1. The van der Waals surface area contributed by atoms with Gasteiger partial charge in [-0.25, -0.2) is 4.79 Å². The topological polar surface area (TPSA) is 35.5 Å². The maximum atomic E-state index is 10.9. The summed E-state index contributed by atoms with van der Waals surface area (Å²) in [6, 6.07) is 0. The quantitative estimate of drug-likeness (QED) is 0.357. The van der Waals surface area contributed by atoms with Gasteiger partial charge in [-0.15, -0.1) is 0 Å². The van der Waals surface area contributed by atoms with Crippen molar-refractivity contribution in [1.82, 2.24) is 0 Å². The van der Waals surface area contributed by atoms with Crippen molar-refractivity contribution in [1.29, 1.82) is 0 Å². The van der Waals surface area contributed by atoms with Crippen molar-refractivity contribution in [2.75, 3.05) is 12.4 Å². The first-order chi connectivity index (χ1) is 5.20. The smallest absolute Gasteiger partial charge is 0.333 e. The monoisotopic (exact) mass is 174 g/mol. The van der Waals surface area contributed by atoms with E-state index in [2.05, 4.69) is 6.58 Å². The van der Waals surface area contributed by atoms with Gasteiger partial charge < -0.3 is 8.92 Å². The summed E-state index contributed by atoms with van der Waals surface area (Å²) < 4.78 is 9.94. The number of hydrogen-bond donors (Lipinski definition) is 0. The van der Waals surface area contributed by atoms with Gasteiger partial charge in [-0.2, -0.15) is 0 Å². The van der Waals surface area contributed by atoms with Crippen LogP contribution in [0.15, 0.2) is 12.2 Å². The third kappa shape index (κ3) is 2.55. The van der Waals surface area contributed by atoms with Crippen molar-refractivity contribution >= 4 is 18.0 Å². The van der Waals surface area contributed by atoms with Gasteiger partial charge in [0.25, 0.3) is 0 Å². The molecule has 0 amide bonds. The second kappa shape index (κ2) is 3.78. The minimum atomic E-state index is -0.332.